The number of benzene rings is 2. The van der Waals surface area contributed by atoms with Gasteiger partial charge in [-0.3, -0.25) is 0 Å². The van der Waals surface area contributed by atoms with Crippen molar-refractivity contribution in [3.63, 3.8) is 0 Å². The monoisotopic (exact) mass is 421 g/mol. The largest absolute Gasteiger partial charge is 0.365 e. The van der Waals surface area contributed by atoms with Crippen molar-refractivity contribution in [1.82, 2.24) is 0 Å². The van der Waals surface area contributed by atoms with E-state index in [2.05, 4.69) is 45.6 Å². The predicted octanol–water partition coefficient (Wildman–Crippen LogP) is 4.83. The number of rotatable bonds is 9. The van der Waals surface area contributed by atoms with E-state index in [0.29, 0.717) is 5.69 Å². The molecule has 0 saturated carbocycles. The van der Waals surface area contributed by atoms with Gasteiger partial charge >= 0.3 is 0 Å². The highest BCUT2D eigenvalue weighted by molar-refractivity contribution is 7.94. The average Bonchev–Trinajstić information content (AvgIpc) is 2.80. The predicted molar refractivity (Wildman–Crippen MR) is 119 cm³/mol. The number of likely N-dealkylation sites (N-methyl/N-ethyl adjacent to an activating group) is 1. The maximum Gasteiger partial charge on any atom is 0.199 e. The summed E-state index contributed by atoms with van der Waals surface area (Å²) >= 11 is 0. The lowest BCUT2D eigenvalue weighted by Gasteiger charge is -2.21. The van der Waals surface area contributed by atoms with Crippen LogP contribution in [0, 0.1) is 0 Å². The number of azo groups is 1. The van der Waals surface area contributed by atoms with Gasteiger partial charge < -0.3 is 4.90 Å². The molecular formula is C23H25N4O2S+. The summed E-state index contributed by atoms with van der Waals surface area (Å²) in [6, 6.07) is 20.2. The Morgan fingerprint density at radius 1 is 0.933 bits per heavy atom. The van der Waals surface area contributed by atoms with Crippen LogP contribution in [0.3, 0.4) is 0 Å². The van der Waals surface area contributed by atoms with Crippen LogP contribution in [0.2, 0.25) is 0 Å². The number of anilines is 1. The van der Waals surface area contributed by atoms with Gasteiger partial charge in [-0.15, -0.1) is 0 Å². The third kappa shape index (κ3) is 5.61. The van der Waals surface area contributed by atoms with Gasteiger partial charge in [-0.1, -0.05) is 12.6 Å². The molecule has 154 valence electrons. The highest BCUT2D eigenvalue weighted by atomic mass is 32.2. The van der Waals surface area contributed by atoms with Crippen LogP contribution < -0.4 is 9.47 Å². The number of hydrogen-bond donors (Lipinski definition) is 0. The van der Waals surface area contributed by atoms with Crippen LogP contribution in [0.5, 0.6) is 0 Å². The van der Waals surface area contributed by atoms with E-state index in [4.69, 9.17) is 0 Å². The maximum atomic E-state index is 11.8. The second kappa shape index (κ2) is 9.93. The van der Waals surface area contributed by atoms with Crippen molar-refractivity contribution < 1.29 is 13.0 Å². The molecule has 0 unspecified atom stereocenters. The van der Waals surface area contributed by atoms with Gasteiger partial charge in [-0.05, 0) is 55.5 Å². The fourth-order valence-electron chi connectivity index (χ4n) is 2.93. The molecule has 0 aliphatic carbocycles. The molecule has 0 amide bonds. The Labute approximate surface area is 177 Å². The van der Waals surface area contributed by atoms with Gasteiger partial charge in [0.2, 0.25) is 0 Å². The van der Waals surface area contributed by atoms with Crippen molar-refractivity contribution in [2.45, 2.75) is 18.4 Å². The summed E-state index contributed by atoms with van der Waals surface area (Å²) in [5.74, 6) is 0. The Morgan fingerprint density at radius 3 is 2.03 bits per heavy atom. The first-order chi connectivity index (χ1) is 14.5. The highest BCUT2D eigenvalue weighted by Gasteiger charge is 2.09. The van der Waals surface area contributed by atoms with E-state index in [9.17, 15) is 8.42 Å². The molecule has 6 nitrogen and oxygen atoms in total. The highest BCUT2D eigenvalue weighted by Crippen LogP contribution is 2.23. The molecule has 0 bridgehead atoms. The Bertz CT molecular complexity index is 1090. The van der Waals surface area contributed by atoms with Crippen LogP contribution in [0.25, 0.3) is 0 Å². The van der Waals surface area contributed by atoms with Crippen molar-refractivity contribution in [3.8, 4) is 0 Å². The zero-order valence-electron chi connectivity index (χ0n) is 16.9. The van der Waals surface area contributed by atoms with E-state index in [0.717, 1.165) is 36.4 Å². The van der Waals surface area contributed by atoms with Gasteiger partial charge in [-0.2, -0.15) is 10.2 Å². The number of hydrogen-bond acceptors (Lipinski definition) is 5. The summed E-state index contributed by atoms with van der Waals surface area (Å²) in [7, 11) is -3.43. The van der Waals surface area contributed by atoms with E-state index in [-0.39, 0.29) is 4.90 Å². The number of aromatic nitrogens is 1. The molecule has 3 aromatic rings. The molecule has 30 heavy (non-hydrogen) atoms. The fraction of sp³-hybridized carbons (Fsp3) is 0.174. The SMILES string of the molecule is C=CS(=O)(=O)c1ccc(N=Nc2ccc(N(CC)CC[n+]3ccccc3)cc2)cc1. The third-order valence-electron chi connectivity index (χ3n) is 4.67. The van der Waals surface area contributed by atoms with Crippen LogP contribution >= 0.6 is 0 Å². The number of nitrogens with zero attached hydrogens (tertiary/aromatic N) is 4. The standard InChI is InChI=1S/C23H25N4O2S/c1-3-27(19-18-26-16-6-5-7-17-26)22-12-8-20(9-13-22)24-25-21-10-14-23(15-11-21)30(28,29)4-2/h4-17H,2-3,18-19H2,1H3/q+1. The minimum absolute atomic E-state index is 0.189. The summed E-state index contributed by atoms with van der Waals surface area (Å²) in [5.41, 5.74) is 2.44. The molecule has 0 saturated heterocycles. The lowest BCUT2D eigenvalue weighted by molar-refractivity contribution is -0.694. The van der Waals surface area contributed by atoms with E-state index in [1.807, 2.05) is 42.5 Å². The Hall–Kier alpha value is -3.32. The van der Waals surface area contributed by atoms with Crippen molar-refractivity contribution in [3.05, 3.63) is 91.1 Å². The van der Waals surface area contributed by atoms with E-state index >= 15 is 0 Å². The lowest BCUT2D eigenvalue weighted by Crippen LogP contribution is -2.40. The minimum atomic E-state index is -3.43. The quantitative estimate of drug-likeness (QED) is 0.367. The van der Waals surface area contributed by atoms with Gasteiger partial charge in [0.1, 0.15) is 0 Å². The first kappa shape index (κ1) is 21.4. The van der Waals surface area contributed by atoms with Crippen molar-refractivity contribution in [2.24, 2.45) is 10.2 Å². The average molecular weight is 422 g/mol. The van der Waals surface area contributed by atoms with E-state index in [1.165, 1.54) is 12.1 Å². The van der Waals surface area contributed by atoms with E-state index in [1.54, 1.807) is 12.1 Å². The lowest BCUT2D eigenvalue weighted by atomic mass is 10.2. The molecule has 3 rings (SSSR count). The van der Waals surface area contributed by atoms with Gasteiger partial charge in [0.05, 0.1) is 22.8 Å². The second-order valence-corrected chi connectivity index (χ2v) is 8.51. The maximum absolute atomic E-state index is 11.8. The minimum Gasteiger partial charge on any atom is -0.365 e. The van der Waals surface area contributed by atoms with Crippen LogP contribution in [0.15, 0.2) is 106 Å². The summed E-state index contributed by atoms with van der Waals surface area (Å²) < 4.78 is 25.7. The Balaban J connectivity index is 1.63. The fourth-order valence-corrected chi connectivity index (χ4v) is 3.64. The number of sulfone groups is 1. The number of pyridine rings is 1. The molecule has 0 fully saturated rings. The molecule has 2 aromatic carbocycles. The van der Waals surface area contributed by atoms with E-state index < -0.39 is 9.84 Å². The summed E-state index contributed by atoms with van der Waals surface area (Å²) in [6.07, 6.45) is 4.13. The second-order valence-electron chi connectivity index (χ2n) is 6.61. The summed E-state index contributed by atoms with van der Waals surface area (Å²) in [5, 5.41) is 9.36. The molecule has 0 aliphatic rings. The summed E-state index contributed by atoms with van der Waals surface area (Å²) in [4.78, 5) is 2.49. The zero-order chi connectivity index (χ0) is 21.4. The molecule has 0 atom stereocenters. The van der Waals surface area contributed by atoms with Crippen LogP contribution in [0.4, 0.5) is 17.1 Å². The van der Waals surface area contributed by atoms with Crippen molar-refractivity contribution in [1.29, 1.82) is 0 Å². The summed E-state index contributed by atoms with van der Waals surface area (Å²) in [6.45, 7) is 8.19. The molecule has 1 heterocycles. The van der Waals surface area contributed by atoms with Crippen molar-refractivity contribution >= 4 is 26.9 Å². The van der Waals surface area contributed by atoms with Crippen LogP contribution in [-0.2, 0) is 16.4 Å². The molecule has 0 spiro atoms. The van der Waals surface area contributed by atoms with Gasteiger partial charge in [0.25, 0.3) is 0 Å². The molecular weight excluding hydrogens is 396 g/mol. The van der Waals surface area contributed by atoms with Crippen LogP contribution in [-0.4, -0.2) is 21.5 Å². The smallest absolute Gasteiger partial charge is 0.199 e. The molecule has 7 heteroatoms. The topological polar surface area (TPSA) is 66.0 Å². The molecule has 0 N–H and O–H groups in total. The first-order valence-electron chi connectivity index (χ1n) is 9.70. The van der Waals surface area contributed by atoms with Crippen molar-refractivity contribution in [2.75, 3.05) is 18.0 Å². The molecule has 0 radical (unpaired) electrons. The normalized spacial score (nSPS) is 11.5. The Kier molecular flexibility index (Phi) is 7.08. The molecule has 1 aromatic heterocycles. The van der Waals surface area contributed by atoms with Crippen LogP contribution in [0.1, 0.15) is 6.92 Å². The Morgan fingerprint density at radius 2 is 1.50 bits per heavy atom. The third-order valence-corrected chi connectivity index (χ3v) is 6.04. The van der Waals surface area contributed by atoms with Gasteiger partial charge in [-0.25, -0.2) is 13.0 Å². The van der Waals surface area contributed by atoms with Gasteiger partial charge in [0.15, 0.2) is 28.8 Å². The first-order valence-corrected chi connectivity index (χ1v) is 11.2. The molecule has 0 aliphatic heterocycles. The van der Waals surface area contributed by atoms with Gasteiger partial charge in [0, 0.05) is 29.8 Å². The zero-order valence-corrected chi connectivity index (χ0v) is 17.7.